The molecule has 18 heavy (non-hydrogen) atoms. The molecule has 0 saturated heterocycles. The molecule has 106 valence electrons. The Balaban J connectivity index is 2.14. The first-order chi connectivity index (χ1) is 8.47. The summed E-state index contributed by atoms with van der Waals surface area (Å²) in [5, 5.41) is 3.42. The fourth-order valence-electron chi connectivity index (χ4n) is 3.28. The molecule has 1 aliphatic carbocycles. The molecule has 0 spiro atoms. The first-order valence-corrected chi connectivity index (χ1v) is 7.91. The van der Waals surface area contributed by atoms with Crippen LogP contribution >= 0.6 is 0 Å². The standard InChI is InChI=1S/C17H33N/c1-13(2)12-17-10-8-16(9-11-17)7-6-15(5)18-14(3)4/h13-14,16-18H,5-12H2,1-4H3. The molecule has 0 aromatic carbocycles. The van der Waals surface area contributed by atoms with Crippen LogP contribution in [0.15, 0.2) is 12.3 Å². The third-order valence-corrected chi connectivity index (χ3v) is 4.12. The highest BCUT2D eigenvalue weighted by atomic mass is 14.9. The summed E-state index contributed by atoms with van der Waals surface area (Å²) in [6.07, 6.45) is 9.78. The zero-order chi connectivity index (χ0) is 13.5. The van der Waals surface area contributed by atoms with Gasteiger partial charge in [-0.15, -0.1) is 0 Å². The summed E-state index contributed by atoms with van der Waals surface area (Å²) in [6.45, 7) is 13.2. The number of allylic oxidation sites excluding steroid dienone is 1. The van der Waals surface area contributed by atoms with Crippen LogP contribution in [0.4, 0.5) is 0 Å². The lowest BCUT2D eigenvalue weighted by atomic mass is 9.77. The third-order valence-electron chi connectivity index (χ3n) is 4.12. The van der Waals surface area contributed by atoms with Crippen molar-refractivity contribution >= 4 is 0 Å². The predicted octanol–water partition coefficient (Wildman–Crippen LogP) is 5.13. The third kappa shape index (κ3) is 6.47. The molecule has 0 aliphatic heterocycles. The highest BCUT2D eigenvalue weighted by molar-refractivity contribution is 4.93. The Hall–Kier alpha value is -0.460. The molecular weight excluding hydrogens is 218 g/mol. The highest BCUT2D eigenvalue weighted by Gasteiger charge is 2.21. The maximum atomic E-state index is 4.12. The lowest BCUT2D eigenvalue weighted by Crippen LogP contribution is -2.22. The van der Waals surface area contributed by atoms with E-state index in [0.717, 1.165) is 24.2 Å². The first kappa shape index (κ1) is 15.6. The second kappa shape index (κ2) is 7.86. The quantitative estimate of drug-likeness (QED) is 0.661. The molecule has 1 rings (SSSR count). The van der Waals surface area contributed by atoms with Crippen LogP contribution in [0.2, 0.25) is 0 Å². The van der Waals surface area contributed by atoms with Crippen LogP contribution in [0.25, 0.3) is 0 Å². The molecule has 0 unspecified atom stereocenters. The van der Waals surface area contributed by atoms with Gasteiger partial charge in [-0.2, -0.15) is 0 Å². The van der Waals surface area contributed by atoms with Crippen LogP contribution in [0.5, 0.6) is 0 Å². The van der Waals surface area contributed by atoms with Gasteiger partial charge >= 0.3 is 0 Å². The van der Waals surface area contributed by atoms with Crippen molar-refractivity contribution in [1.29, 1.82) is 0 Å². The van der Waals surface area contributed by atoms with Gasteiger partial charge in [0.1, 0.15) is 0 Å². The van der Waals surface area contributed by atoms with Gasteiger partial charge in [0, 0.05) is 11.7 Å². The summed E-state index contributed by atoms with van der Waals surface area (Å²) >= 11 is 0. The molecule has 1 fully saturated rings. The number of nitrogens with one attached hydrogen (secondary N) is 1. The van der Waals surface area contributed by atoms with Gasteiger partial charge in [0.15, 0.2) is 0 Å². The summed E-state index contributed by atoms with van der Waals surface area (Å²) in [5.74, 6) is 2.85. The molecule has 1 heteroatoms. The van der Waals surface area contributed by atoms with Gasteiger partial charge < -0.3 is 5.32 Å². The van der Waals surface area contributed by atoms with E-state index >= 15 is 0 Å². The summed E-state index contributed by atoms with van der Waals surface area (Å²) < 4.78 is 0. The molecule has 0 aromatic heterocycles. The smallest absolute Gasteiger partial charge is 0.0201 e. The molecular formula is C17H33N. The zero-order valence-electron chi connectivity index (χ0n) is 13.0. The number of hydrogen-bond donors (Lipinski definition) is 1. The zero-order valence-corrected chi connectivity index (χ0v) is 13.0. The molecule has 0 atom stereocenters. The van der Waals surface area contributed by atoms with Crippen molar-refractivity contribution in [3.8, 4) is 0 Å². The molecule has 0 heterocycles. The average molecular weight is 251 g/mol. The summed E-state index contributed by atoms with van der Waals surface area (Å²) in [7, 11) is 0. The van der Waals surface area contributed by atoms with E-state index in [2.05, 4.69) is 39.6 Å². The van der Waals surface area contributed by atoms with Crippen LogP contribution in [0, 0.1) is 17.8 Å². The van der Waals surface area contributed by atoms with E-state index in [4.69, 9.17) is 0 Å². The summed E-state index contributed by atoms with van der Waals surface area (Å²) in [4.78, 5) is 0. The van der Waals surface area contributed by atoms with Gasteiger partial charge in [0.25, 0.3) is 0 Å². The Morgan fingerprint density at radius 2 is 1.61 bits per heavy atom. The first-order valence-electron chi connectivity index (χ1n) is 7.91. The lowest BCUT2D eigenvalue weighted by molar-refractivity contribution is 0.235. The summed E-state index contributed by atoms with van der Waals surface area (Å²) in [5.41, 5.74) is 1.23. The maximum Gasteiger partial charge on any atom is 0.0201 e. The Bertz CT molecular complexity index is 234. The van der Waals surface area contributed by atoms with Gasteiger partial charge in [-0.1, -0.05) is 46.1 Å². The molecule has 1 aliphatic rings. The van der Waals surface area contributed by atoms with Gasteiger partial charge in [0.2, 0.25) is 0 Å². The van der Waals surface area contributed by atoms with Gasteiger partial charge in [-0.3, -0.25) is 0 Å². The average Bonchev–Trinajstić information content (AvgIpc) is 2.26. The topological polar surface area (TPSA) is 12.0 Å². The molecule has 1 N–H and O–H groups in total. The van der Waals surface area contributed by atoms with Crippen LogP contribution in [0.3, 0.4) is 0 Å². The highest BCUT2D eigenvalue weighted by Crippen LogP contribution is 2.35. The second-order valence-corrected chi connectivity index (χ2v) is 6.96. The van der Waals surface area contributed by atoms with Gasteiger partial charge in [-0.05, 0) is 50.9 Å². The van der Waals surface area contributed by atoms with Crippen molar-refractivity contribution < 1.29 is 0 Å². The normalized spacial score (nSPS) is 24.6. The van der Waals surface area contributed by atoms with E-state index in [9.17, 15) is 0 Å². The van der Waals surface area contributed by atoms with Crippen molar-refractivity contribution in [2.45, 2.75) is 78.7 Å². The SMILES string of the molecule is C=C(CCC1CCC(CC(C)C)CC1)NC(C)C. The van der Waals surface area contributed by atoms with Gasteiger partial charge in [-0.25, -0.2) is 0 Å². The van der Waals surface area contributed by atoms with Crippen molar-refractivity contribution in [3.05, 3.63) is 12.3 Å². The van der Waals surface area contributed by atoms with Crippen molar-refractivity contribution in [1.82, 2.24) is 5.32 Å². The van der Waals surface area contributed by atoms with Crippen LogP contribution < -0.4 is 5.32 Å². The van der Waals surface area contributed by atoms with E-state index in [1.165, 1.54) is 44.2 Å². The fourth-order valence-corrected chi connectivity index (χ4v) is 3.28. The Morgan fingerprint density at radius 3 is 2.11 bits per heavy atom. The number of rotatable bonds is 7. The maximum absolute atomic E-state index is 4.12. The molecule has 1 saturated carbocycles. The van der Waals surface area contributed by atoms with E-state index in [-0.39, 0.29) is 0 Å². The van der Waals surface area contributed by atoms with Crippen LogP contribution in [-0.2, 0) is 0 Å². The Morgan fingerprint density at radius 1 is 1.06 bits per heavy atom. The van der Waals surface area contributed by atoms with Crippen LogP contribution in [-0.4, -0.2) is 6.04 Å². The monoisotopic (exact) mass is 251 g/mol. The fraction of sp³-hybridized carbons (Fsp3) is 0.882. The predicted molar refractivity (Wildman–Crippen MR) is 81.5 cm³/mol. The summed E-state index contributed by atoms with van der Waals surface area (Å²) in [6, 6.07) is 0.527. The van der Waals surface area contributed by atoms with E-state index in [1.807, 2.05) is 0 Å². The molecule has 0 aromatic rings. The minimum atomic E-state index is 0.527. The Labute approximate surface area is 114 Å². The minimum Gasteiger partial charge on any atom is -0.387 e. The lowest BCUT2D eigenvalue weighted by Gasteiger charge is -2.29. The molecule has 0 amide bonds. The van der Waals surface area contributed by atoms with Crippen LogP contribution in [0.1, 0.15) is 72.6 Å². The van der Waals surface area contributed by atoms with Crippen molar-refractivity contribution in [2.24, 2.45) is 17.8 Å². The molecule has 1 nitrogen and oxygen atoms in total. The minimum absolute atomic E-state index is 0.527. The Kier molecular flexibility index (Phi) is 6.81. The molecule has 0 radical (unpaired) electrons. The van der Waals surface area contributed by atoms with Crippen molar-refractivity contribution in [2.75, 3.05) is 0 Å². The van der Waals surface area contributed by atoms with Crippen molar-refractivity contribution in [3.63, 3.8) is 0 Å². The molecule has 0 bridgehead atoms. The van der Waals surface area contributed by atoms with E-state index in [1.54, 1.807) is 0 Å². The van der Waals surface area contributed by atoms with E-state index < -0.39 is 0 Å². The largest absolute Gasteiger partial charge is 0.387 e. The number of hydrogen-bond acceptors (Lipinski definition) is 1. The second-order valence-electron chi connectivity index (χ2n) is 6.96. The van der Waals surface area contributed by atoms with Gasteiger partial charge in [0.05, 0.1) is 0 Å². The van der Waals surface area contributed by atoms with E-state index in [0.29, 0.717) is 6.04 Å².